The van der Waals surface area contributed by atoms with Gasteiger partial charge in [-0.05, 0) is 57.5 Å². The van der Waals surface area contributed by atoms with Gasteiger partial charge in [-0.1, -0.05) is 13.3 Å². The molecule has 28 heavy (non-hydrogen) atoms. The van der Waals surface area contributed by atoms with Crippen LogP contribution in [0.5, 0.6) is 0 Å². The average Bonchev–Trinajstić information content (AvgIpc) is 3.13. The Morgan fingerprint density at radius 1 is 1.21 bits per heavy atom. The first-order valence-corrected chi connectivity index (χ1v) is 11.8. The highest BCUT2D eigenvalue weighted by Gasteiger charge is 2.19. The number of aromatic amines is 1. The van der Waals surface area contributed by atoms with E-state index in [0.29, 0.717) is 22.7 Å². The predicted molar refractivity (Wildman–Crippen MR) is 117 cm³/mol. The molecule has 1 aliphatic rings. The number of H-pyrrole nitrogens is 1. The highest BCUT2D eigenvalue weighted by Crippen LogP contribution is 2.32. The van der Waals surface area contributed by atoms with E-state index >= 15 is 0 Å². The zero-order chi connectivity index (χ0) is 19.4. The largest absolute Gasteiger partial charge is 0.326 e. The van der Waals surface area contributed by atoms with Gasteiger partial charge in [0.05, 0.1) is 0 Å². The molecule has 0 spiro atoms. The number of piperidine rings is 1. The Hall–Kier alpha value is -1.19. The van der Waals surface area contributed by atoms with Crippen LogP contribution in [0.2, 0.25) is 0 Å². The number of nitrogens with zero attached hydrogens (tertiary/aromatic N) is 1. The highest BCUT2D eigenvalue weighted by molar-refractivity contribution is 7.91. The zero-order valence-electron chi connectivity index (χ0n) is 16.3. The summed E-state index contributed by atoms with van der Waals surface area (Å²) in [6.45, 7) is 7.04. The predicted octanol–water partition coefficient (Wildman–Crippen LogP) is 3.16. The van der Waals surface area contributed by atoms with E-state index in [1.807, 2.05) is 26.0 Å². The van der Waals surface area contributed by atoms with Gasteiger partial charge in [0, 0.05) is 34.8 Å². The molecule has 2 N–H and O–H groups in total. The van der Waals surface area contributed by atoms with Crippen LogP contribution in [0.25, 0.3) is 10.4 Å². The summed E-state index contributed by atoms with van der Waals surface area (Å²) >= 11 is 1.23. The third-order valence-corrected chi connectivity index (χ3v) is 8.05. The lowest BCUT2D eigenvalue weighted by Crippen LogP contribution is -2.37. The summed E-state index contributed by atoms with van der Waals surface area (Å²) in [6, 6.07) is 5.31. The lowest BCUT2D eigenvalue weighted by Gasteiger charge is -2.26. The molecule has 1 saturated heterocycles. The summed E-state index contributed by atoms with van der Waals surface area (Å²) in [4.78, 5) is 17.9. The molecule has 2 aromatic heterocycles. The Labute approximate surface area is 176 Å². The van der Waals surface area contributed by atoms with Crippen molar-refractivity contribution in [1.82, 2.24) is 14.6 Å². The number of hydrogen-bond acceptors (Lipinski definition) is 5. The van der Waals surface area contributed by atoms with Gasteiger partial charge in [-0.25, -0.2) is 13.1 Å². The van der Waals surface area contributed by atoms with Crippen molar-refractivity contribution in [3.05, 3.63) is 39.8 Å². The van der Waals surface area contributed by atoms with Gasteiger partial charge < -0.3 is 9.88 Å². The first kappa shape index (κ1) is 23.1. The van der Waals surface area contributed by atoms with Gasteiger partial charge in [0.1, 0.15) is 4.21 Å². The maximum absolute atomic E-state index is 12.6. The minimum Gasteiger partial charge on any atom is -0.326 e. The zero-order valence-corrected chi connectivity index (χ0v) is 18.7. The summed E-state index contributed by atoms with van der Waals surface area (Å²) in [5.41, 5.74) is 2.25. The van der Waals surface area contributed by atoms with E-state index in [1.165, 1.54) is 30.6 Å². The van der Waals surface area contributed by atoms with Crippen LogP contribution >= 0.6 is 23.7 Å². The van der Waals surface area contributed by atoms with Crippen LogP contribution in [0.1, 0.15) is 37.4 Å². The van der Waals surface area contributed by atoms with Gasteiger partial charge in [-0.15, -0.1) is 23.7 Å². The van der Waals surface area contributed by atoms with Crippen LogP contribution < -0.4 is 10.3 Å². The molecule has 0 atom stereocenters. The summed E-state index contributed by atoms with van der Waals surface area (Å²) in [7, 11) is -3.52. The second kappa shape index (κ2) is 10.0. The fraction of sp³-hybridized carbons (Fsp3) is 0.526. The Kier molecular flexibility index (Phi) is 8.27. The molecule has 156 valence electrons. The fourth-order valence-electron chi connectivity index (χ4n) is 3.39. The molecule has 0 bridgehead atoms. The van der Waals surface area contributed by atoms with Gasteiger partial charge >= 0.3 is 0 Å². The lowest BCUT2D eigenvalue weighted by molar-refractivity contribution is 0.233. The van der Waals surface area contributed by atoms with Crippen LogP contribution in [0.15, 0.2) is 27.2 Å². The number of hydrogen-bond donors (Lipinski definition) is 2. The number of sulfonamides is 1. The van der Waals surface area contributed by atoms with E-state index in [2.05, 4.69) is 14.6 Å². The smallest absolute Gasteiger partial charge is 0.251 e. The van der Waals surface area contributed by atoms with E-state index < -0.39 is 10.0 Å². The monoisotopic (exact) mass is 445 g/mol. The highest BCUT2D eigenvalue weighted by atomic mass is 35.5. The van der Waals surface area contributed by atoms with Crippen molar-refractivity contribution in [2.75, 3.05) is 26.2 Å². The van der Waals surface area contributed by atoms with Crippen LogP contribution in [-0.4, -0.2) is 44.5 Å². The Balaban J connectivity index is 0.00000280. The van der Waals surface area contributed by atoms with E-state index in [-0.39, 0.29) is 18.0 Å². The van der Waals surface area contributed by atoms with E-state index in [1.54, 1.807) is 6.07 Å². The molecule has 0 radical (unpaired) electrons. The molecule has 0 aromatic carbocycles. The Morgan fingerprint density at radius 2 is 1.93 bits per heavy atom. The average molecular weight is 446 g/mol. The van der Waals surface area contributed by atoms with Crippen LogP contribution in [0.3, 0.4) is 0 Å². The van der Waals surface area contributed by atoms with Crippen molar-refractivity contribution >= 4 is 33.8 Å². The maximum Gasteiger partial charge on any atom is 0.251 e. The third kappa shape index (κ3) is 5.45. The fourth-order valence-corrected chi connectivity index (χ4v) is 5.83. The number of likely N-dealkylation sites (tertiary alicyclic amines) is 1. The second-order valence-electron chi connectivity index (χ2n) is 6.93. The first-order chi connectivity index (χ1) is 12.9. The minimum atomic E-state index is -3.52. The van der Waals surface area contributed by atoms with Gasteiger partial charge in [0.15, 0.2) is 0 Å². The summed E-state index contributed by atoms with van der Waals surface area (Å²) in [5.74, 6) is 0. The molecule has 0 aliphatic carbocycles. The molecule has 6 nitrogen and oxygen atoms in total. The van der Waals surface area contributed by atoms with Crippen molar-refractivity contribution in [3.8, 4) is 10.4 Å². The van der Waals surface area contributed by atoms with E-state index in [9.17, 15) is 13.2 Å². The lowest BCUT2D eigenvalue weighted by atomic mass is 10.1. The summed E-state index contributed by atoms with van der Waals surface area (Å²) in [5, 5.41) is 0. The number of rotatable bonds is 7. The maximum atomic E-state index is 12.6. The van der Waals surface area contributed by atoms with Crippen molar-refractivity contribution in [3.63, 3.8) is 0 Å². The van der Waals surface area contributed by atoms with E-state index in [0.717, 1.165) is 35.8 Å². The Morgan fingerprint density at radius 3 is 2.61 bits per heavy atom. The molecular formula is C19H28ClN3O3S2. The number of nitrogens with one attached hydrogen (secondary N) is 2. The van der Waals surface area contributed by atoms with Crippen molar-refractivity contribution in [2.45, 2.75) is 43.7 Å². The minimum absolute atomic E-state index is 0. The summed E-state index contributed by atoms with van der Waals surface area (Å²) in [6.07, 6.45) is 4.29. The van der Waals surface area contributed by atoms with Crippen LogP contribution in [-0.2, 0) is 16.4 Å². The standard InChI is InChI=1S/C19H27N3O3S2.ClH/c1-3-15-13-16(14(2)21-19(15)23)17-7-8-18(26-17)27(24,25)20-9-12-22-10-5-4-6-11-22;/h7-8,13,20H,3-6,9-12H2,1-2H3,(H,21,23);1H. The number of halogens is 1. The molecule has 0 unspecified atom stereocenters. The van der Waals surface area contributed by atoms with Crippen molar-refractivity contribution < 1.29 is 8.42 Å². The van der Waals surface area contributed by atoms with Gasteiger partial charge in [-0.2, -0.15) is 0 Å². The molecule has 2 aromatic rings. The number of aromatic nitrogens is 1. The molecule has 3 rings (SSSR count). The van der Waals surface area contributed by atoms with Crippen molar-refractivity contribution in [2.24, 2.45) is 0 Å². The summed E-state index contributed by atoms with van der Waals surface area (Å²) < 4.78 is 28.2. The molecule has 1 fully saturated rings. The number of pyridine rings is 1. The van der Waals surface area contributed by atoms with Gasteiger partial charge in [-0.3, -0.25) is 4.79 Å². The first-order valence-electron chi connectivity index (χ1n) is 9.45. The molecule has 1 aliphatic heterocycles. The molecular weight excluding hydrogens is 418 g/mol. The topological polar surface area (TPSA) is 82.3 Å². The van der Waals surface area contributed by atoms with E-state index in [4.69, 9.17) is 0 Å². The van der Waals surface area contributed by atoms with Gasteiger partial charge in [0.2, 0.25) is 10.0 Å². The Bertz CT molecular complexity index is 948. The normalized spacial score (nSPS) is 15.4. The molecule has 3 heterocycles. The van der Waals surface area contributed by atoms with Crippen LogP contribution in [0.4, 0.5) is 0 Å². The molecule has 0 amide bonds. The van der Waals surface area contributed by atoms with Crippen LogP contribution in [0, 0.1) is 6.92 Å². The van der Waals surface area contributed by atoms with Crippen molar-refractivity contribution in [1.29, 1.82) is 0 Å². The quantitative estimate of drug-likeness (QED) is 0.685. The SMILES string of the molecule is CCc1cc(-c2ccc(S(=O)(=O)NCCN3CCCCC3)s2)c(C)[nH]c1=O.Cl. The molecule has 9 heteroatoms. The third-order valence-electron chi connectivity index (χ3n) is 4.98. The number of thiophene rings is 1. The molecule has 0 saturated carbocycles. The van der Waals surface area contributed by atoms with Gasteiger partial charge in [0.25, 0.3) is 5.56 Å². The second-order valence-corrected chi connectivity index (χ2v) is 10.0. The number of aryl methyl sites for hydroxylation is 2.